The van der Waals surface area contributed by atoms with Crippen molar-refractivity contribution in [2.45, 2.75) is 79.1 Å². The molecule has 0 aromatic rings. The van der Waals surface area contributed by atoms with E-state index in [4.69, 9.17) is 5.26 Å². The van der Waals surface area contributed by atoms with Crippen LogP contribution in [0.25, 0.3) is 0 Å². The molecule has 20 heavy (non-hydrogen) atoms. The third kappa shape index (κ3) is 13.0. The molecule has 0 unspecified atom stereocenters. The van der Waals surface area contributed by atoms with E-state index in [0.29, 0.717) is 0 Å². The van der Waals surface area contributed by atoms with Crippen LogP contribution < -0.4 is 0 Å². The van der Waals surface area contributed by atoms with Gasteiger partial charge in [-0.3, -0.25) is 0 Å². The van der Waals surface area contributed by atoms with Crippen LogP contribution in [0, 0.1) is 10.2 Å². The van der Waals surface area contributed by atoms with Gasteiger partial charge in [0.25, 0.3) is 0 Å². The van der Waals surface area contributed by atoms with Crippen LogP contribution in [0.3, 0.4) is 0 Å². The molecule has 0 saturated carbocycles. The Morgan fingerprint density at radius 2 is 0.900 bits per heavy atom. The fourth-order valence-electron chi connectivity index (χ4n) is 2.64. The molecule has 0 heterocycles. The van der Waals surface area contributed by atoms with Crippen molar-refractivity contribution in [3.63, 3.8) is 0 Å². The summed E-state index contributed by atoms with van der Waals surface area (Å²) in [6, 6.07) is 0. The van der Waals surface area contributed by atoms with E-state index in [0.717, 1.165) is 0 Å². The molecule has 0 amide bonds. The van der Waals surface area contributed by atoms with Gasteiger partial charge in [0.05, 0.1) is 26.2 Å². The van der Waals surface area contributed by atoms with Gasteiger partial charge in [-0.05, 0) is 25.7 Å². The molecule has 0 N–H and O–H groups in total. The molecule has 0 rings (SSSR count). The molecule has 0 aromatic heterocycles. The average Bonchev–Trinajstić information content (AvgIpc) is 2.46. The van der Waals surface area contributed by atoms with E-state index in [2.05, 4.69) is 43.7 Å². The van der Waals surface area contributed by atoms with Crippen LogP contribution in [0.1, 0.15) is 79.1 Å². The number of hydrogen-bond donors (Lipinski definition) is 0. The summed E-state index contributed by atoms with van der Waals surface area (Å²) in [5.41, 5.74) is 0. The number of quaternary nitrogens is 1. The Morgan fingerprint density at radius 3 is 1.05 bits per heavy atom. The van der Waals surface area contributed by atoms with Crippen LogP contribution in [-0.2, 0) is 16.0 Å². The van der Waals surface area contributed by atoms with E-state index < -0.39 is 0 Å². The number of nitrogens with zero attached hydrogens (tertiary/aromatic N) is 2. The summed E-state index contributed by atoms with van der Waals surface area (Å²) < 4.78 is 1.42. The summed E-state index contributed by atoms with van der Waals surface area (Å²) >= 11 is 2.79. The van der Waals surface area contributed by atoms with E-state index in [9.17, 15) is 0 Å². The summed E-state index contributed by atoms with van der Waals surface area (Å²) in [4.78, 5) is 1.50. The molecule has 0 spiro atoms. The first-order valence-electron chi connectivity index (χ1n) is 8.49. The van der Waals surface area contributed by atoms with Gasteiger partial charge in [0.2, 0.25) is 0 Å². The van der Waals surface area contributed by atoms with Crippen LogP contribution in [0.4, 0.5) is 0 Å². The Bertz CT molecular complexity index is 186. The summed E-state index contributed by atoms with van der Waals surface area (Å²) in [5, 5.41) is 7.21. The molecule has 0 aliphatic carbocycles. The van der Waals surface area contributed by atoms with Crippen molar-refractivity contribution in [1.82, 2.24) is 0 Å². The monoisotopic (exact) mass is 324 g/mol. The van der Waals surface area contributed by atoms with Crippen LogP contribution in [0.5, 0.6) is 0 Å². The van der Waals surface area contributed by atoms with Crippen molar-refractivity contribution in [1.29, 1.82) is 5.26 Å². The minimum absolute atomic E-state index is 1.35. The molecule has 0 aliphatic rings. The van der Waals surface area contributed by atoms with Gasteiger partial charge in [0, 0.05) is 0 Å². The van der Waals surface area contributed by atoms with E-state index >= 15 is 0 Å². The molecule has 3 heteroatoms. The first kappa shape index (κ1) is 22.3. The van der Waals surface area contributed by atoms with E-state index in [-0.39, 0.29) is 0 Å². The van der Waals surface area contributed by atoms with Crippen LogP contribution in [-0.4, -0.2) is 30.7 Å². The van der Waals surface area contributed by atoms with Gasteiger partial charge < -0.3 is 4.48 Å². The summed E-state index contributed by atoms with van der Waals surface area (Å²) in [6.07, 6.45) is 11.1. The number of rotatable bonds is 12. The summed E-state index contributed by atoms with van der Waals surface area (Å²) in [5.74, 6) is 0. The second-order valence-electron chi connectivity index (χ2n) is 5.73. The van der Waals surface area contributed by atoms with Gasteiger partial charge in [0.1, 0.15) is 0 Å². The first-order valence-corrected chi connectivity index (χ1v) is 9.05. The van der Waals surface area contributed by atoms with Crippen molar-refractivity contribution in [2.75, 3.05) is 26.2 Å². The summed E-state index contributed by atoms with van der Waals surface area (Å²) in [6.45, 7) is 15.0. The Hall–Kier alpha value is -0.0305. The molecule has 0 saturated heterocycles. The van der Waals surface area contributed by atoms with Gasteiger partial charge in [0.15, 0.2) is 0 Å². The molecular formula is C17H36FeN2+. The van der Waals surface area contributed by atoms with Crippen LogP contribution >= 0.6 is 0 Å². The van der Waals surface area contributed by atoms with Gasteiger partial charge >= 0.3 is 26.2 Å². The Labute approximate surface area is 136 Å². The van der Waals surface area contributed by atoms with Crippen LogP contribution in [0.15, 0.2) is 0 Å². The zero-order chi connectivity index (χ0) is 15.7. The predicted molar refractivity (Wildman–Crippen MR) is 85.0 cm³/mol. The van der Waals surface area contributed by atoms with Crippen LogP contribution in [0.2, 0.25) is 0 Å². The van der Waals surface area contributed by atoms with Crippen molar-refractivity contribution < 1.29 is 20.5 Å². The molecule has 0 bridgehead atoms. The molecule has 2 nitrogen and oxygen atoms in total. The normalized spacial score (nSPS) is 10.6. The predicted octanol–water partition coefficient (Wildman–Crippen LogP) is 5.02. The van der Waals surface area contributed by atoms with Crippen molar-refractivity contribution in [3.8, 4) is 4.97 Å². The second kappa shape index (κ2) is 17.0. The van der Waals surface area contributed by atoms with E-state index in [1.165, 1.54) is 87.0 Å². The molecule has 121 valence electrons. The minimum atomic E-state index is 1.35. The molecule has 0 fully saturated rings. The quantitative estimate of drug-likeness (QED) is 0.365. The zero-order valence-corrected chi connectivity index (χ0v) is 15.3. The van der Waals surface area contributed by atoms with Gasteiger partial charge in [-0.15, -0.1) is 0 Å². The average molecular weight is 324 g/mol. The maximum absolute atomic E-state index is 7.21. The Balaban J connectivity index is 0. The number of hydrogen-bond acceptors (Lipinski definition) is 1. The SMILES string of the molecule is CCCC[N+](CCCC)(CCCC)CCCC.N#[C][Fe]. The Morgan fingerprint density at radius 1 is 0.700 bits per heavy atom. The second-order valence-corrected chi connectivity index (χ2v) is 5.98. The fourth-order valence-corrected chi connectivity index (χ4v) is 2.64. The fraction of sp³-hybridized carbons (Fsp3) is 0.941. The Kier molecular flexibility index (Phi) is 18.9. The molecule has 0 radical (unpaired) electrons. The number of nitriles is 1. The first-order chi connectivity index (χ1) is 9.66. The van der Waals surface area contributed by atoms with Gasteiger partial charge in [-0.25, -0.2) is 0 Å². The van der Waals surface area contributed by atoms with Crippen molar-refractivity contribution >= 4 is 0 Å². The third-order valence-electron chi connectivity index (χ3n) is 3.94. The zero-order valence-electron chi connectivity index (χ0n) is 14.2. The maximum atomic E-state index is 7.21. The van der Waals surface area contributed by atoms with Gasteiger partial charge in [-0.2, -0.15) is 0 Å². The molecule has 0 atom stereocenters. The van der Waals surface area contributed by atoms with E-state index in [1.807, 2.05) is 0 Å². The van der Waals surface area contributed by atoms with E-state index in [1.54, 1.807) is 0 Å². The molecular weight excluding hydrogens is 288 g/mol. The van der Waals surface area contributed by atoms with Crippen molar-refractivity contribution in [2.24, 2.45) is 0 Å². The third-order valence-corrected chi connectivity index (χ3v) is 3.94. The summed E-state index contributed by atoms with van der Waals surface area (Å²) in [7, 11) is 0. The topological polar surface area (TPSA) is 23.8 Å². The number of unbranched alkanes of at least 4 members (excludes halogenated alkanes) is 4. The van der Waals surface area contributed by atoms with Gasteiger partial charge in [-0.1, -0.05) is 53.4 Å². The molecule has 0 aromatic carbocycles. The standard InChI is InChI=1S/C16H36N.CN.Fe/c1-5-9-13-17(14-10-6-2,15-11-7-3)16-12-8-4;1-2;/h5-16H2,1-4H3;;/q+1;;. The molecule has 0 aliphatic heterocycles. The van der Waals surface area contributed by atoms with Crippen molar-refractivity contribution in [3.05, 3.63) is 0 Å².